The van der Waals surface area contributed by atoms with Gasteiger partial charge >= 0.3 is 35.5 Å². The van der Waals surface area contributed by atoms with E-state index in [1.165, 1.54) is 12.2 Å². The maximum absolute atomic E-state index is 12.2. The van der Waals surface area contributed by atoms with E-state index in [0.717, 1.165) is 0 Å². The summed E-state index contributed by atoms with van der Waals surface area (Å²) in [4.78, 5) is 63.9. The molecule has 1 saturated carbocycles. The van der Waals surface area contributed by atoms with Crippen LogP contribution in [-0.4, -0.2) is 52.6 Å². The third kappa shape index (κ3) is 5.21. The van der Waals surface area contributed by atoms with Gasteiger partial charge < -0.3 is 9.39 Å². The maximum Gasteiger partial charge on any atom is 1.00 e. The van der Waals surface area contributed by atoms with Crippen LogP contribution in [0.15, 0.2) is 12.2 Å². The number of allylic oxidation sites excluding steroid dienone is 2. The number of carbonyl (C=O) groups excluding carboxylic acids is 5. The summed E-state index contributed by atoms with van der Waals surface area (Å²) in [5.74, 6) is -4.84. The van der Waals surface area contributed by atoms with Gasteiger partial charge in [-0.1, -0.05) is 0 Å². The van der Waals surface area contributed by atoms with Gasteiger partial charge in [0.05, 0.1) is 18.3 Å². The first kappa shape index (κ1) is 23.9. The number of rotatable bonds is 5. The van der Waals surface area contributed by atoms with Crippen molar-refractivity contribution in [3.63, 3.8) is 0 Å². The Hall–Kier alpha value is -1.40. The van der Waals surface area contributed by atoms with Gasteiger partial charge in [0.25, 0.3) is 11.8 Å². The van der Waals surface area contributed by atoms with E-state index >= 15 is 0 Å². The van der Waals surface area contributed by atoms with Crippen molar-refractivity contribution in [2.75, 3.05) is 0 Å². The van der Waals surface area contributed by atoms with Gasteiger partial charge in [0.15, 0.2) is 11.6 Å². The molecule has 1 aliphatic heterocycles. The van der Waals surface area contributed by atoms with Gasteiger partial charge in [0.1, 0.15) is 15.4 Å². The average Bonchev–Trinajstić information content (AvgIpc) is 3.09. The summed E-state index contributed by atoms with van der Waals surface area (Å²) in [6, 6.07) is 0. The molecule has 152 valence electrons. The average molecular weight is 435 g/mol. The molecule has 1 saturated heterocycles. The summed E-state index contributed by atoms with van der Waals surface area (Å²) in [7, 11) is -5.02. The van der Waals surface area contributed by atoms with Crippen LogP contribution in [0.1, 0.15) is 38.5 Å². The fourth-order valence-electron chi connectivity index (χ4n) is 3.80. The number of nitrogens with zero attached hydrogens (tertiary/aromatic N) is 1. The van der Waals surface area contributed by atoms with E-state index in [1.807, 2.05) is 0 Å². The van der Waals surface area contributed by atoms with Crippen molar-refractivity contribution in [2.24, 2.45) is 17.8 Å². The molecule has 2 aliphatic carbocycles. The SMILES string of the molecule is O=C(ON1C(=O)CC(S(=O)(=O)[O-])C1=O)C1CCC(CC2C(=O)C=CC2=O)CC1.[Na+]. The molecule has 1 atom stereocenters. The molecule has 2 amide bonds. The predicted octanol–water partition coefficient (Wildman–Crippen LogP) is -3.36. The monoisotopic (exact) mass is 435 g/mol. The van der Waals surface area contributed by atoms with E-state index < -0.39 is 51.4 Å². The van der Waals surface area contributed by atoms with Crippen molar-refractivity contribution in [3.8, 4) is 0 Å². The molecule has 2 fully saturated rings. The predicted molar refractivity (Wildman–Crippen MR) is 88.8 cm³/mol. The molecule has 3 aliphatic rings. The third-order valence-electron chi connectivity index (χ3n) is 5.44. The molecule has 29 heavy (non-hydrogen) atoms. The Morgan fingerprint density at radius 3 is 2.10 bits per heavy atom. The number of carbonyl (C=O) groups is 5. The first-order valence-corrected chi connectivity index (χ1v) is 10.3. The van der Waals surface area contributed by atoms with Gasteiger partial charge in [-0.2, -0.15) is 0 Å². The number of ketones is 2. The standard InChI is InChI=1S/C17H19NO9S.Na/c19-12-5-6-13(20)11(12)7-9-1-3-10(4-2-9)17(23)27-18-15(21)8-14(16(18)22)28(24,25)26;/h5-6,9-11,14H,1-4,7-8H2,(H,24,25,26);/q;+1/p-1. The Labute approximate surface area is 189 Å². The van der Waals surface area contributed by atoms with E-state index in [9.17, 15) is 36.9 Å². The summed E-state index contributed by atoms with van der Waals surface area (Å²) in [5, 5.41) is -2.01. The van der Waals surface area contributed by atoms with Gasteiger partial charge in [-0.25, -0.2) is 13.2 Å². The first-order valence-electron chi connectivity index (χ1n) is 8.87. The third-order valence-corrected chi connectivity index (χ3v) is 6.50. The number of imide groups is 1. The maximum atomic E-state index is 12.2. The van der Waals surface area contributed by atoms with Crippen LogP contribution in [0.4, 0.5) is 0 Å². The second-order valence-electron chi connectivity index (χ2n) is 7.27. The van der Waals surface area contributed by atoms with Gasteiger partial charge in [0.2, 0.25) is 0 Å². The molecule has 3 rings (SSSR count). The Kier molecular flexibility index (Phi) is 7.55. The molecule has 0 bridgehead atoms. The number of hydrogen-bond acceptors (Lipinski definition) is 9. The van der Waals surface area contributed by atoms with Crippen LogP contribution >= 0.6 is 0 Å². The molecule has 0 aromatic heterocycles. The van der Waals surface area contributed by atoms with E-state index in [2.05, 4.69) is 0 Å². The molecule has 12 heteroatoms. The molecule has 0 aromatic rings. The van der Waals surface area contributed by atoms with Crippen molar-refractivity contribution in [2.45, 2.75) is 43.8 Å². The molecule has 0 aromatic carbocycles. The van der Waals surface area contributed by atoms with Crippen molar-refractivity contribution in [3.05, 3.63) is 12.2 Å². The molecule has 1 heterocycles. The smallest absolute Gasteiger partial charge is 0.747 e. The van der Waals surface area contributed by atoms with Crippen molar-refractivity contribution >= 4 is 39.5 Å². The Balaban J connectivity index is 0.00000300. The summed E-state index contributed by atoms with van der Waals surface area (Å²) in [5.41, 5.74) is 0. The second-order valence-corrected chi connectivity index (χ2v) is 8.82. The van der Waals surface area contributed by atoms with Gasteiger partial charge in [-0.3, -0.25) is 19.2 Å². The zero-order valence-corrected chi connectivity index (χ0v) is 18.6. The van der Waals surface area contributed by atoms with E-state index in [-0.39, 0.29) is 52.1 Å². The molecular formula is C17H18NNaO9S. The summed E-state index contributed by atoms with van der Waals surface area (Å²) >= 11 is 0. The molecule has 0 N–H and O–H groups in total. The van der Waals surface area contributed by atoms with Crippen molar-refractivity contribution < 1.29 is 71.3 Å². The van der Waals surface area contributed by atoms with Crippen molar-refractivity contribution in [1.29, 1.82) is 0 Å². The van der Waals surface area contributed by atoms with Crippen LogP contribution in [0, 0.1) is 17.8 Å². The van der Waals surface area contributed by atoms with Crippen LogP contribution in [0.3, 0.4) is 0 Å². The quantitative estimate of drug-likeness (QED) is 0.186. The Bertz CT molecular complexity index is 855. The van der Waals surface area contributed by atoms with Gasteiger partial charge in [-0.15, -0.1) is 5.06 Å². The van der Waals surface area contributed by atoms with Crippen LogP contribution in [0.5, 0.6) is 0 Å². The van der Waals surface area contributed by atoms with E-state index in [0.29, 0.717) is 32.1 Å². The van der Waals surface area contributed by atoms with Gasteiger partial charge in [0, 0.05) is 0 Å². The Morgan fingerprint density at radius 1 is 1.07 bits per heavy atom. The van der Waals surface area contributed by atoms with E-state index in [1.54, 1.807) is 0 Å². The fraction of sp³-hybridized carbons (Fsp3) is 0.588. The minimum atomic E-state index is -5.02. The summed E-state index contributed by atoms with van der Waals surface area (Å²) < 4.78 is 33.0. The molecule has 1 unspecified atom stereocenters. The van der Waals surface area contributed by atoms with E-state index in [4.69, 9.17) is 4.84 Å². The van der Waals surface area contributed by atoms with Crippen LogP contribution in [0.25, 0.3) is 0 Å². The molecule has 0 radical (unpaired) electrons. The van der Waals surface area contributed by atoms with Crippen molar-refractivity contribution in [1.82, 2.24) is 5.06 Å². The van der Waals surface area contributed by atoms with Gasteiger partial charge in [-0.05, 0) is 50.2 Å². The minimum absolute atomic E-state index is 0. The fourth-order valence-corrected chi connectivity index (χ4v) is 4.49. The topological polar surface area (TPSA) is 155 Å². The first-order chi connectivity index (χ1) is 13.1. The summed E-state index contributed by atoms with van der Waals surface area (Å²) in [6.07, 6.45) is 4.01. The molecule has 0 spiro atoms. The van der Waals surface area contributed by atoms with Crippen LogP contribution in [0.2, 0.25) is 0 Å². The normalized spacial score (nSPS) is 28.0. The minimum Gasteiger partial charge on any atom is -0.747 e. The van der Waals surface area contributed by atoms with Crippen LogP contribution < -0.4 is 29.6 Å². The second kappa shape index (κ2) is 9.17. The number of hydroxylamine groups is 2. The molecular weight excluding hydrogens is 417 g/mol. The molecule has 10 nitrogen and oxygen atoms in total. The largest absolute Gasteiger partial charge is 1.00 e. The Morgan fingerprint density at radius 2 is 1.62 bits per heavy atom. The number of amides is 2. The zero-order valence-electron chi connectivity index (χ0n) is 15.7. The van der Waals surface area contributed by atoms with Crippen LogP contribution in [-0.2, 0) is 38.9 Å². The summed E-state index contributed by atoms with van der Waals surface area (Å²) in [6.45, 7) is 0. The zero-order chi connectivity index (χ0) is 20.6. The number of hydrogen-bond donors (Lipinski definition) is 0.